The third-order valence-electron chi connectivity index (χ3n) is 7.35. The number of nitrogens with one attached hydrogen (secondary N) is 1. The topological polar surface area (TPSA) is 146 Å². The van der Waals surface area contributed by atoms with Crippen molar-refractivity contribution < 1.29 is 6.22 Å². The summed E-state index contributed by atoms with van der Waals surface area (Å²) in [5, 5.41) is 2.76. The second-order valence-corrected chi connectivity index (χ2v) is 9.87. The number of nitrogens with zero attached hydrogens (tertiary/aromatic N) is 9. The minimum absolute atomic E-state index is 0. The quantitative estimate of drug-likeness (QED) is 0.363. The maximum absolute atomic E-state index is 13.2. The molecule has 1 saturated heterocycles. The third-order valence-corrected chi connectivity index (χ3v) is 7.35. The standard InChI is InChI=1S/C26H26N10O3.H2/c1-4-5-6-35-24(38)21-22(33(3)26(35)39)30-14-36(21)15(2)23(37)32-20-11-27-10-19(31-20)18-8-28-25(29-9-18)34-12-16-7-17(16)13-34;/h8-11,14-17H,6-7,12-13H2,1-3H3,(H,31,32,37);1H/t15-,16?,17?;/m0./s1. The Morgan fingerprint density at radius 3 is 2.62 bits per heavy atom. The second kappa shape index (κ2) is 9.46. The molecule has 0 aromatic carbocycles. The summed E-state index contributed by atoms with van der Waals surface area (Å²) in [5.41, 5.74) is 0.408. The Bertz CT molecular complexity index is 1770. The molecule has 1 aliphatic heterocycles. The van der Waals surface area contributed by atoms with E-state index in [1.165, 1.54) is 35.1 Å². The van der Waals surface area contributed by atoms with Crippen LogP contribution in [0.4, 0.5) is 11.8 Å². The van der Waals surface area contributed by atoms with Crippen molar-refractivity contribution in [3.05, 3.63) is 52.0 Å². The third kappa shape index (κ3) is 4.33. The van der Waals surface area contributed by atoms with Gasteiger partial charge in [-0.05, 0) is 32.1 Å². The van der Waals surface area contributed by atoms with Crippen LogP contribution in [-0.2, 0) is 18.4 Å². The Morgan fingerprint density at radius 2 is 1.90 bits per heavy atom. The molecular formula is C26H28N10O3. The van der Waals surface area contributed by atoms with Crippen molar-refractivity contribution in [3.63, 3.8) is 0 Å². The molecule has 0 radical (unpaired) electrons. The molecule has 13 nitrogen and oxygen atoms in total. The second-order valence-electron chi connectivity index (χ2n) is 9.87. The highest BCUT2D eigenvalue weighted by Gasteiger charge is 2.45. The molecule has 4 aromatic heterocycles. The van der Waals surface area contributed by atoms with Crippen molar-refractivity contribution in [2.24, 2.45) is 18.9 Å². The lowest BCUT2D eigenvalue weighted by Gasteiger charge is -2.17. The van der Waals surface area contributed by atoms with Gasteiger partial charge in [0.2, 0.25) is 11.9 Å². The lowest BCUT2D eigenvalue weighted by Crippen LogP contribution is -2.40. The highest BCUT2D eigenvalue weighted by molar-refractivity contribution is 5.93. The Kier molecular flexibility index (Phi) is 5.94. The monoisotopic (exact) mass is 528 g/mol. The largest absolute Gasteiger partial charge is 0.340 e. The van der Waals surface area contributed by atoms with Crippen molar-refractivity contribution in [3.8, 4) is 23.1 Å². The maximum atomic E-state index is 13.2. The van der Waals surface area contributed by atoms with Crippen molar-refractivity contribution in [2.45, 2.75) is 32.9 Å². The van der Waals surface area contributed by atoms with Crippen molar-refractivity contribution in [2.75, 3.05) is 23.3 Å². The molecule has 1 N–H and O–H groups in total. The van der Waals surface area contributed by atoms with Crippen LogP contribution in [0.25, 0.3) is 22.4 Å². The van der Waals surface area contributed by atoms with E-state index in [0.717, 1.165) is 29.5 Å². The fourth-order valence-corrected chi connectivity index (χ4v) is 4.98. The number of rotatable bonds is 6. The van der Waals surface area contributed by atoms with E-state index in [0.29, 0.717) is 17.2 Å². The van der Waals surface area contributed by atoms with E-state index in [1.54, 1.807) is 32.4 Å². The van der Waals surface area contributed by atoms with Gasteiger partial charge in [0.1, 0.15) is 6.04 Å². The van der Waals surface area contributed by atoms with E-state index in [2.05, 4.69) is 47.0 Å². The normalized spacial score (nSPS) is 18.4. The molecule has 2 aliphatic rings. The van der Waals surface area contributed by atoms with E-state index in [-0.39, 0.29) is 25.0 Å². The number of carbonyl (C=O) groups excluding carboxylic acids is 1. The molecule has 200 valence electrons. The van der Waals surface area contributed by atoms with Crippen molar-refractivity contribution in [1.82, 2.24) is 38.6 Å². The fraction of sp³-hybridized carbons (Fsp3) is 0.385. The number of imidazole rings is 1. The van der Waals surface area contributed by atoms with Crippen molar-refractivity contribution >= 4 is 28.8 Å². The first-order valence-corrected chi connectivity index (χ1v) is 12.6. The average Bonchev–Trinajstić information content (AvgIpc) is 3.33. The number of aromatic nitrogens is 8. The molecule has 6 rings (SSSR count). The molecule has 0 bridgehead atoms. The van der Waals surface area contributed by atoms with Crippen LogP contribution >= 0.6 is 0 Å². The van der Waals surface area contributed by atoms with Gasteiger partial charge < -0.3 is 14.8 Å². The first-order chi connectivity index (χ1) is 18.9. The van der Waals surface area contributed by atoms with Gasteiger partial charge in [0.05, 0.1) is 31.0 Å². The van der Waals surface area contributed by atoms with Gasteiger partial charge in [0, 0.05) is 39.5 Å². The number of piperidine rings is 1. The minimum atomic E-state index is -0.842. The van der Waals surface area contributed by atoms with Gasteiger partial charge in [0.25, 0.3) is 5.56 Å². The molecule has 13 heteroatoms. The summed E-state index contributed by atoms with van der Waals surface area (Å²) in [6, 6.07) is -0.842. The minimum Gasteiger partial charge on any atom is -0.340 e. The van der Waals surface area contributed by atoms with Crippen LogP contribution in [0.2, 0.25) is 0 Å². The van der Waals surface area contributed by atoms with Crippen LogP contribution in [0.5, 0.6) is 0 Å². The summed E-state index contributed by atoms with van der Waals surface area (Å²) in [7, 11) is 1.52. The number of aryl methyl sites for hydroxylation is 1. The van der Waals surface area contributed by atoms with E-state index >= 15 is 0 Å². The van der Waals surface area contributed by atoms with E-state index in [9.17, 15) is 14.4 Å². The van der Waals surface area contributed by atoms with E-state index in [1.807, 2.05) is 0 Å². The van der Waals surface area contributed by atoms with Crippen LogP contribution in [-0.4, -0.2) is 57.6 Å². The van der Waals surface area contributed by atoms with E-state index in [4.69, 9.17) is 0 Å². The Labute approximate surface area is 224 Å². The van der Waals surface area contributed by atoms with Crippen LogP contribution in [0.15, 0.2) is 40.7 Å². The molecule has 5 heterocycles. The molecule has 2 fully saturated rings. The summed E-state index contributed by atoms with van der Waals surface area (Å²) in [5.74, 6) is 7.50. The summed E-state index contributed by atoms with van der Waals surface area (Å²) < 4.78 is 3.73. The van der Waals surface area contributed by atoms with Crippen LogP contribution in [0.3, 0.4) is 0 Å². The SMILES string of the molecule is CC#CCn1c(=O)c2c(ncn2[C@@H](C)C(=O)Nc2cncc(-c3cnc(N4CC5CC5C4)nc3)n2)n(C)c1=O.[HH]. The van der Waals surface area contributed by atoms with Gasteiger partial charge in [-0.3, -0.25) is 19.1 Å². The zero-order valence-electron chi connectivity index (χ0n) is 21.7. The van der Waals surface area contributed by atoms with Gasteiger partial charge in [-0.25, -0.2) is 29.3 Å². The smallest absolute Gasteiger partial charge is 0.333 e. The Morgan fingerprint density at radius 1 is 1.15 bits per heavy atom. The number of amides is 1. The molecule has 0 spiro atoms. The predicted octanol–water partition coefficient (Wildman–Crippen LogP) is 1.07. The Balaban J connectivity index is 0.00000323. The summed E-state index contributed by atoms with van der Waals surface area (Å²) in [6.45, 7) is 5.21. The Hall–Kier alpha value is -4.86. The first kappa shape index (κ1) is 24.5. The number of carbonyl (C=O) groups is 1. The average molecular weight is 529 g/mol. The highest BCUT2D eigenvalue weighted by atomic mass is 16.2. The molecule has 1 aliphatic carbocycles. The molecular weight excluding hydrogens is 500 g/mol. The molecule has 4 aromatic rings. The lowest BCUT2D eigenvalue weighted by molar-refractivity contribution is -0.118. The van der Waals surface area contributed by atoms with Gasteiger partial charge >= 0.3 is 5.69 Å². The summed E-state index contributed by atoms with van der Waals surface area (Å²) in [6.07, 6.45) is 9.11. The molecule has 1 saturated carbocycles. The van der Waals surface area contributed by atoms with E-state index < -0.39 is 23.2 Å². The predicted molar refractivity (Wildman–Crippen MR) is 145 cm³/mol. The van der Waals surface area contributed by atoms with Crippen LogP contribution < -0.4 is 21.5 Å². The molecule has 1 amide bonds. The van der Waals surface area contributed by atoms with Gasteiger partial charge in [0.15, 0.2) is 17.0 Å². The summed E-state index contributed by atoms with van der Waals surface area (Å²) >= 11 is 0. The number of hydrogen-bond acceptors (Lipinski definition) is 9. The zero-order valence-corrected chi connectivity index (χ0v) is 21.7. The molecule has 3 atom stereocenters. The molecule has 39 heavy (non-hydrogen) atoms. The zero-order chi connectivity index (χ0) is 27.3. The number of hydrogen-bond donors (Lipinski definition) is 1. The number of fused-ring (bicyclic) bond motifs is 2. The maximum Gasteiger partial charge on any atom is 0.333 e. The van der Waals surface area contributed by atoms with Crippen molar-refractivity contribution in [1.29, 1.82) is 0 Å². The fourth-order valence-electron chi connectivity index (χ4n) is 4.98. The first-order valence-electron chi connectivity index (χ1n) is 12.6. The van der Waals surface area contributed by atoms with Gasteiger partial charge in [-0.15, -0.1) is 5.92 Å². The number of anilines is 2. The van der Waals surface area contributed by atoms with Gasteiger partial charge in [-0.2, -0.15) is 0 Å². The lowest BCUT2D eigenvalue weighted by atomic mass is 10.2. The summed E-state index contributed by atoms with van der Waals surface area (Å²) in [4.78, 5) is 63.1. The van der Waals surface area contributed by atoms with Crippen LogP contribution in [0.1, 0.15) is 27.7 Å². The molecule has 2 unspecified atom stereocenters. The van der Waals surface area contributed by atoms with Crippen LogP contribution in [0, 0.1) is 23.7 Å². The van der Waals surface area contributed by atoms with Gasteiger partial charge in [-0.1, -0.05) is 5.92 Å². The highest BCUT2D eigenvalue weighted by Crippen LogP contribution is 2.45.